The maximum Gasteiger partial charge on any atom is 0.124 e. The predicted octanol–water partition coefficient (Wildman–Crippen LogP) is 2.47. The second-order valence-corrected chi connectivity index (χ2v) is 2.95. The van der Waals surface area contributed by atoms with Crippen molar-refractivity contribution in [2.75, 3.05) is 5.73 Å². The van der Waals surface area contributed by atoms with Crippen LogP contribution in [0.5, 0.6) is 0 Å². The van der Waals surface area contributed by atoms with Gasteiger partial charge >= 0.3 is 0 Å². The first-order valence-corrected chi connectivity index (χ1v) is 3.96. The minimum Gasteiger partial charge on any atom is -0.384 e. The van der Waals surface area contributed by atoms with Crippen LogP contribution in [0.2, 0.25) is 5.02 Å². The number of aromatic nitrogens is 1. The molecule has 3 heteroatoms. The first-order valence-electron chi connectivity index (χ1n) is 3.58. The number of pyridine rings is 1. The molecule has 0 atom stereocenters. The lowest BCUT2D eigenvalue weighted by molar-refractivity contribution is 1.42. The van der Waals surface area contributed by atoms with Gasteiger partial charge in [0.2, 0.25) is 0 Å². The summed E-state index contributed by atoms with van der Waals surface area (Å²) in [6, 6.07) is 9.31. The van der Waals surface area contributed by atoms with Crippen molar-refractivity contribution in [2.45, 2.75) is 0 Å². The number of rotatable bonds is 0. The minimum absolute atomic E-state index is 0.496. The van der Waals surface area contributed by atoms with Crippen LogP contribution in [-0.2, 0) is 0 Å². The average Bonchev–Trinajstić information content (AvgIpc) is 2.07. The third kappa shape index (κ3) is 1.10. The summed E-state index contributed by atoms with van der Waals surface area (Å²) < 4.78 is 0. The number of para-hydroxylation sites is 1. The Hall–Kier alpha value is -1.28. The van der Waals surface area contributed by atoms with Gasteiger partial charge in [-0.1, -0.05) is 23.7 Å². The number of nitrogens with two attached hydrogens (primary N) is 1. The molecule has 0 radical (unpaired) electrons. The monoisotopic (exact) mass is 178 g/mol. The molecular formula is C9H7ClN2. The summed E-state index contributed by atoms with van der Waals surface area (Å²) in [7, 11) is 0. The summed E-state index contributed by atoms with van der Waals surface area (Å²) in [4.78, 5) is 4.12. The highest BCUT2D eigenvalue weighted by Crippen LogP contribution is 2.21. The molecule has 2 aromatic rings. The predicted molar refractivity (Wildman–Crippen MR) is 51.2 cm³/mol. The molecule has 2 rings (SSSR count). The van der Waals surface area contributed by atoms with Gasteiger partial charge in [-0.05, 0) is 18.2 Å². The molecule has 0 spiro atoms. The number of anilines is 1. The van der Waals surface area contributed by atoms with Crippen LogP contribution < -0.4 is 5.73 Å². The molecule has 1 heterocycles. The van der Waals surface area contributed by atoms with Crippen LogP contribution in [0.1, 0.15) is 0 Å². The maximum atomic E-state index is 5.91. The molecule has 0 aliphatic carbocycles. The summed E-state index contributed by atoms with van der Waals surface area (Å²) in [6.45, 7) is 0. The molecule has 0 bridgehead atoms. The van der Waals surface area contributed by atoms with Crippen LogP contribution in [0.15, 0.2) is 30.3 Å². The summed E-state index contributed by atoms with van der Waals surface area (Å²) >= 11 is 5.91. The van der Waals surface area contributed by atoms with Gasteiger partial charge < -0.3 is 5.73 Å². The fourth-order valence-electron chi connectivity index (χ4n) is 1.13. The highest BCUT2D eigenvalue weighted by Gasteiger charge is 1.98. The third-order valence-corrected chi connectivity index (χ3v) is 2.00. The first-order chi connectivity index (χ1) is 5.77. The van der Waals surface area contributed by atoms with E-state index in [1.54, 1.807) is 12.1 Å². The van der Waals surface area contributed by atoms with Crippen molar-refractivity contribution >= 4 is 28.3 Å². The molecule has 0 unspecified atom stereocenters. The molecule has 0 fully saturated rings. The van der Waals surface area contributed by atoms with Crippen molar-refractivity contribution in [1.29, 1.82) is 0 Å². The second-order valence-electron chi connectivity index (χ2n) is 2.55. The van der Waals surface area contributed by atoms with Crippen LogP contribution in [0.4, 0.5) is 5.82 Å². The van der Waals surface area contributed by atoms with Gasteiger partial charge in [-0.3, -0.25) is 0 Å². The molecule has 1 aromatic carbocycles. The van der Waals surface area contributed by atoms with Crippen molar-refractivity contribution in [3.63, 3.8) is 0 Å². The fraction of sp³-hybridized carbons (Fsp3) is 0. The highest BCUT2D eigenvalue weighted by molar-refractivity contribution is 6.35. The Morgan fingerprint density at radius 1 is 1.17 bits per heavy atom. The third-order valence-electron chi connectivity index (χ3n) is 1.69. The van der Waals surface area contributed by atoms with Crippen LogP contribution in [-0.4, -0.2) is 4.98 Å². The summed E-state index contributed by atoms with van der Waals surface area (Å²) in [5, 5.41) is 1.65. The molecule has 0 aliphatic rings. The Kier molecular flexibility index (Phi) is 1.62. The average molecular weight is 179 g/mol. The van der Waals surface area contributed by atoms with Crippen molar-refractivity contribution in [3.8, 4) is 0 Å². The molecule has 12 heavy (non-hydrogen) atoms. The fourth-order valence-corrected chi connectivity index (χ4v) is 1.35. The van der Waals surface area contributed by atoms with Gasteiger partial charge in [-0.2, -0.15) is 0 Å². The van der Waals surface area contributed by atoms with Crippen LogP contribution >= 0.6 is 11.6 Å². The van der Waals surface area contributed by atoms with Gasteiger partial charge in [0.25, 0.3) is 0 Å². The van der Waals surface area contributed by atoms with Crippen molar-refractivity contribution < 1.29 is 0 Å². The van der Waals surface area contributed by atoms with Crippen LogP contribution in [0.3, 0.4) is 0 Å². The summed E-state index contributed by atoms with van der Waals surface area (Å²) in [6.07, 6.45) is 0. The number of hydrogen-bond acceptors (Lipinski definition) is 2. The molecule has 0 saturated carbocycles. The molecule has 1 aromatic heterocycles. The largest absolute Gasteiger partial charge is 0.384 e. The number of hydrogen-bond donors (Lipinski definition) is 1. The van der Waals surface area contributed by atoms with Gasteiger partial charge in [0.15, 0.2) is 0 Å². The summed E-state index contributed by atoms with van der Waals surface area (Å²) in [5.41, 5.74) is 6.29. The zero-order valence-corrected chi connectivity index (χ0v) is 7.05. The van der Waals surface area contributed by atoms with E-state index in [2.05, 4.69) is 4.98 Å². The number of halogens is 1. The zero-order valence-electron chi connectivity index (χ0n) is 6.29. The van der Waals surface area contributed by atoms with E-state index in [9.17, 15) is 0 Å². The maximum absolute atomic E-state index is 5.91. The van der Waals surface area contributed by atoms with E-state index in [0.29, 0.717) is 10.8 Å². The van der Waals surface area contributed by atoms with Gasteiger partial charge in [-0.25, -0.2) is 4.98 Å². The smallest absolute Gasteiger partial charge is 0.124 e. The van der Waals surface area contributed by atoms with Crippen molar-refractivity contribution in [1.82, 2.24) is 4.98 Å². The number of nitrogens with zero attached hydrogens (tertiary/aromatic N) is 1. The molecule has 2 N–H and O–H groups in total. The molecule has 2 nitrogen and oxygen atoms in total. The lowest BCUT2D eigenvalue weighted by Crippen LogP contribution is -1.89. The Morgan fingerprint density at radius 2 is 2.00 bits per heavy atom. The topological polar surface area (TPSA) is 38.9 Å². The molecular weight excluding hydrogens is 172 g/mol. The Bertz CT molecular complexity index is 426. The van der Waals surface area contributed by atoms with Gasteiger partial charge in [0, 0.05) is 5.39 Å². The Morgan fingerprint density at radius 3 is 2.83 bits per heavy atom. The normalized spacial score (nSPS) is 10.4. The van der Waals surface area contributed by atoms with Gasteiger partial charge in [0.1, 0.15) is 5.82 Å². The Balaban J connectivity index is 2.88. The van der Waals surface area contributed by atoms with E-state index < -0.39 is 0 Å². The Labute approximate surface area is 75.0 Å². The van der Waals surface area contributed by atoms with Crippen LogP contribution in [0, 0.1) is 0 Å². The second kappa shape index (κ2) is 2.64. The van der Waals surface area contributed by atoms with E-state index in [1.165, 1.54) is 0 Å². The van der Waals surface area contributed by atoms with E-state index >= 15 is 0 Å². The van der Waals surface area contributed by atoms with E-state index in [4.69, 9.17) is 17.3 Å². The first kappa shape index (κ1) is 7.37. The van der Waals surface area contributed by atoms with E-state index in [0.717, 1.165) is 10.9 Å². The standard InChI is InChI=1S/C9H7ClN2/c10-7-3-1-2-6-4-5-8(11)12-9(6)7/h1-5H,(H2,11,12). The molecule has 0 saturated heterocycles. The summed E-state index contributed by atoms with van der Waals surface area (Å²) in [5.74, 6) is 0.496. The van der Waals surface area contributed by atoms with Gasteiger partial charge in [-0.15, -0.1) is 0 Å². The number of benzene rings is 1. The van der Waals surface area contributed by atoms with Crippen molar-refractivity contribution in [3.05, 3.63) is 35.4 Å². The zero-order chi connectivity index (χ0) is 8.55. The molecule has 0 amide bonds. The van der Waals surface area contributed by atoms with Crippen molar-refractivity contribution in [2.24, 2.45) is 0 Å². The highest BCUT2D eigenvalue weighted by atomic mass is 35.5. The molecule has 60 valence electrons. The SMILES string of the molecule is Nc1ccc2cccc(Cl)c2n1. The lowest BCUT2D eigenvalue weighted by atomic mass is 10.2. The number of fused-ring (bicyclic) bond motifs is 1. The van der Waals surface area contributed by atoms with E-state index in [1.807, 2.05) is 18.2 Å². The number of nitrogen functional groups attached to an aromatic ring is 1. The quantitative estimate of drug-likeness (QED) is 0.673. The lowest BCUT2D eigenvalue weighted by Gasteiger charge is -1.99. The van der Waals surface area contributed by atoms with Crippen LogP contribution in [0.25, 0.3) is 10.9 Å². The molecule has 0 aliphatic heterocycles. The van der Waals surface area contributed by atoms with Gasteiger partial charge in [0.05, 0.1) is 10.5 Å². The minimum atomic E-state index is 0.496. The van der Waals surface area contributed by atoms with E-state index in [-0.39, 0.29) is 0 Å².